The number of thioether (sulfide) groups is 1. The fourth-order valence-electron chi connectivity index (χ4n) is 1.38. The van der Waals surface area contributed by atoms with Crippen LogP contribution in [-0.2, 0) is 0 Å². The molecule has 0 saturated heterocycles. The molecule has 1 atom stereocenters. The van der Waals surface area contributed by atoms with Crippen LogP contribution in [0.3, 0.4) is 0 Å². The first-order valence-electron chi connectivity index (χ1n) is 6.47. The van der Waals surface area contributed by atoms with Gasteiger partial charge in [-0.05, 0) is 48.1 Å². The predicted molar refractivity (Wildman–Crippen MR) is 78.0 cm³/mol. The summed E-state index contributed by atoms with van der Waals surface area (Å²) in [7, 11) is 0. The van der Waals surface area contributed by atoms with Gasteiger partial charge < -0.3 is 4.74 Å². The molecule has 3 heteroatoms. The van der Waals surface area contributed by atoms with Crippen molar-refractivity contribution in [1.29, 1.82) is 5.26 Å². The van der Waals surface area contributed by atoms with Crippen molar-refractivity contribution in [3.8, 4) is 11.8 Å². The van der Waals surface area contributed by atoms with Gasteiger partial charge in [0.15, 0.2) is 0 Å². The van der Waals surface area contributed by atoms with Crippen LogP contribution in [0.2, 0.25) is 0 Å². The molecule has 0 aromatic heterocycles. The topological polar surface area (TPSA) is 33.0 Å². The minimum Gasteiger partial charge on any atom is -0.494 e. The summed E-state index contributed by atoms with van der Waals surface area (Å²) in [6.07, 6.45) is 2.33. The van der Waals surface area contributed by atoms with Crippen LogP contribution in [0.4, 0.5) is 0 Å². The van der Waals surface area contributed by atoms with Crippen molar-refractivity contribution in [3.05, 3.63) is 29.8 Å². The first kappa shape index (κ1) is 14.9. The van der Waals surface area contributed by atoms with Crippen molar-refractivity contribution in [3.63, 3.8) is 0 Å². The van der Waals surface area contributed by atoms with E-state index in [1.54, 1.807) is 12.1 Å². The highest BCUT2D eigenvalue weighted by Gasteiger charge is 1.99. The molecule has 0 bridgehead atoms. The largest absolute Gasteiger partial charge is 0.494 e. The molecule has 0 aliphatic rings. The summed E-state index contributed by atoms with van der Waals surface area (Å²) in [6, 6.07) is 9.37. The zero-order valence-corrected chi connectivity index (χ0v) is 12.0. The van der Waals surface area contributed by atoms with Crippen LogP contribution in [0.15, 0.2) is 24.3 Å². The summed E-state index contributed by atoms with van der Waals surface area (Å²) in [5, 5.41) is 8.67. The Labute approximate surface area is 114 Å². The quantitative estimate of drug-likeness (QED) is 0.662. The van der Waals surface area contributed by atoms with Gasteiger partial charge in [0.1, 0.15) is 5.75 Å². The summed E-state index contributed by atoms with van der Waals surface area (Å²) in [6.45, 7) is 5.28. The number of benzene rings is 1. The highest BCUT2D eigenvalue weighted by atomic mass is 32.2. The van der Waals surface area contributed by atoms with E-state index >= 15 is 0 Å². The van der Waals surface area contributed by atoms with E-state index in [9.17, 15) is 0 Å². The first-order chi connectivity index (χ1) is 8.76. The summed E-state index contributed by atoms with van der Waals surface area (Å²) in [5.74, 6) is 4.06. The molecule has 2 nitrogen and oxygen atoms in total. The van der Waals surface area contributed by atoms with Crippen LogP contribution < -0.4 is 4.74 Å². The molecule has 1 aromatic carbocycles. The molecule has 0 spiro atoms. The highest BCUT2D eigenvalue weighted by molar-refractivity contribution is 7.99. The molecule has 0 saturated carbocycles. The lowest BCUT2D eigenvalue weighted by molar-refractivity contribution is 0.318. The van der Waals surface area contributed by atoms with Crippen LogP contribution in [-0.4, -0.2) is 18.1 Å². The minimum absolute atomic E-state index is 0.673. The Morgan fingerprint density at radius 3 is 2.67 bits per heavy atom. The Kier molecular flexibility index (Phi) is 7.36. The molecule has 18 heavy (non-hydrogen) atoms. The molecular formula is C15H21NOS. The van der Waals surface area contributed by atoms with Crippen LogP contribution in [0.1, 0.15) is 32.3 Å². The second-order valence-corrected chi connectivity index (χ2v) is 5.58. The molecule has 1 unspecified atom stereocenters. The average Bonchev–Trinajstić information content (AvgIpc) is 2.43. The molecule has 1 aromatic rings. The maximum atomic E-state index is 8.67. The number of nitriles is 1. The zero-order valence-electron chi connectivity index (χ0n) is 11.2. The summed E-state index contributed by atoms with van der Waals surface area (Å²) in [4.78, 5) is 0. The number of hydrogen-bond acceptors (Lipinski definition) is 3. The lowest BCUT2D eigenvalue weighted by Crippen LogP contribution is -2.01. The van der Waals surface area contributed by atoms with Gasteiger partial charge in [-0.1, -0.05) is 20.3 Å². The van der Waals surface area contributed by atoms with E-state index < -0.39 is 0 Å². The van der Waals surface area contributed by atoms with E-state index in [2.05, 4.69) is 19.9 Å². The zero-order chi connectivity index (χ0) is 13.2. The van der Waals surface area contributed by atoms with Gasteiger partial charge in [-0.2, -0.15) is 17.0 Å². The van der Waals surface area contributed by atoms with E-state index in [1.807, 2.05) is 23.9 Å². The summed E-state index contributed by atoms with van der Waals surface area (Å²) < 4.78 is 5.62. The van der Waals surface area contributed by atoms with Crippen molar-refractivity contribution >= 4 is 11.8 Å². The monoisotopic (exact) mass is 263 g/mol. The molecular weight excluding hydrogens is 242 g/mol. The normalized spacial score (nSPS) is 11.8. The van der Waals surface area contributed by atoms with Crippen molar-refractivity contribution in [1.82, 2.24) is 0 Å². The lowest BCUT2D eigenvalue weighted by Gasteiger charge is -2.08. The number of ether oxygens (including phenoxy) is 1. The summed E-state index contributed by atoms with van der Waals surface area (Å²) in [5.41, 5.74) is 0.673. The van der Waals surface area contributed by atoms with Gasteiger partial charge in [0.25, 0.3) is 0 Å². The standard InChI is InChI=1S/C15H21NOS/c1-3-13(2)12-18-10-4-9-17-15-7-5-14(11-16)6-8-15/h5-8,13H,3-4,9-10,12H2,1-2H3. The van der Waals surface area contributed by atoms with Gasteiger partial charge in [-0.25, -0.2) is 0 Å². The molecule has 0 aliphatic carbocycles. The average molecular weight is 263 g/mol. The van der Waals surface area contributed by atoms with Crippen molar-refractivity contribution in [2.24, 2.45) is 5.92 Å². The molecule has 0 radical (unpaired) electrons. The third-order valence-corrected chi connectivity index (χ3v) is 4.17. The van der Waals surface area contributed by atoms with Gasteiger partial charge in [0, 0.05) is 0 Å². The number of rotatable bonds is 8. The fraction of sp³-hybridized carbons (Fsp3) is 0.533. The predicted octanol–water partition coefficient (Wildman–Crippen LogP) is 4.11. The molecule has 0 aliphatic heterocycles. The van der Waals surface area contributed by atoms with Gasteiger partial charge in [0.05, 0.1) is 18.2 Å². The SMILES string of the molecule is CCC(C)CSCCCOc1ccc(C#N)cc1. The number of hydrogen-bond donors (Lipinski definition) is 0. The molecule has 0 amide bonds. The summed E-state index contributed by atoms with van der Waals surface area (Å²) >= 11 is 2.00. The number of nitrogens with zero attached hydrogens (tertiary/aromatic N) is 1. The fourth-order valence-corrected chi connectivity index (χ4v) is 2.51. The Morgan fingerprint density at radius 1 is 1.33 bits per heavy atom. The van der Waals surface area contributed by atoms with Crippen molar-refractivity contribution in [2.75, 3.05) is 18.1 Å². The molecule has 98 valence electrons. The molecule has 0 N–H and O–H groups in total. The second-order valence-electron chi connectivity index (χ2n) is 4.43. The van der Waals surface area contributed by atoms with Crippen LogP contribution >= 0.6 is 11.8 Å². The van der Waals surface area contributed by atoms with Gasteiger partial charge in [-0.3, -0.25) is 0 Å². The van der Waals surface area contributed by atoms with Gasteiger partial charge >= 0.3 is 0 Å². The Morgan fingerprint density at radius 2 is 2.06 bits per heavy atom. The van der Waals surface area contributed by atoms with Gasteiger partial charge in [-0.15, -0.1) is 0 Å². The van der Waals surface area contributed by atoms with E-state index in [-0.39, 0.29) is 0 Å². The third kappa shape index (κ3) is 5.97. The third-order valence-electron chi connectivity index (χ3n) is 2.78. The van der Waals surface area contributed by atoms with E-state index in [0.29, 0.717) is 5.56 Å². The highest BCUT2D eigenvalue weighted by Crippen LogP contribution is 2.14. The second kappa shape index (κ2) is 8.88. The maximum Gasteiger partial charge on any atom is 0.119 e. The Hall–Kier alpha value is -1.14. The van der Waals surface area contributed by atoms with Crippen molar-refractivity contribution < 1.29 is 4.74 Å². The van der Waals surface area contributed by atoms with E-state index in [1.165, 1.54) is 12.2 Å². The van der Waals surface area contributed by atoms with E-state index in [4.69, 9.17) is 10.00 Å². The lowest BCUT2D eigenvalue weighted by atomic mass is 10.2. The first-order valence-corrected chi connectivity index (χ1v) is 7.62. The molecule has 0 heterocycles. The van der Waals surface area contributed by atoms with Gasteiger partial charge in [0.2, 0.25) is 0 Å². The van der Waals surface area contributed by atoms with E-state index in [0.717, 1.165) is 30.4 Å². The van der Waals surface area contributed by atoms with Crippen LogP contribution in [0.25, 0.3) is 0 Å². The van der Waals surface area contributed by atoms with Crippen molar-refractivity contribution in [2.45, 2.75) is 26.7 Å². The molecule has 1 rings (SSSR count). The molecule has 0 fully saturated rings. The minimum atomic E-state index is 0.673. The Balaban J connectivity index is 2.09. The Bertz CT molecular complexity index is 369. The van der Waals surface area contributed by atoms with Crippen LogP contribution in [0, 0.1) is 17.2 Å². The van der Waals surface area contributed by atoms with Crippen LogP contribution in [0.5, 0.6) is 5.75 Å². The maximum absolute atomic E-state index is 8.67. The smallest absolute Gasteiger partial charge is 0.119 e.